The van der Waals surface area contributed by atoms with Crippen LogP contribution in [0.2, 0.25) is 0 Å². The van der Waals surface area contributed by atoms with E-state index >= 15 is 0 Å². The van der Waals surface area contributed by atoms with Crippen LogP contribution >= 0.6 is 0 Å². The summed E-state index contributed by atoms with van der Waals surface area (Å²) in [6.07, 6.45) is 1.64. The summed E-state index contributed by atoms with van der Waals surface area (Å²) in [7, 11) is 0. The van der Waals surface area contributed by atoms with Gasteiger partial charge in [0.25, 0.3) is 0 Å². The largest absolute Gasteiger partial charge is 0.466 e. The Bertz CT molecular complexity index is 374. The molecular weight excluding hydrogens is 234 g/mol. The second-order valence-corrected chi connectivity index (χ2v) is 6.34. The van der Waals surface area contributed by atoms with Gasteiger partial charge in [-0.25, -0.2) is 4.79 Å². The maximum absolute atomic E-state index is 11.6. The van der Waals surface area contributed by atoms with Crippen molar-refractivity contribution in [1.82, 2.24) is 5.32 Å². The first-order valence-corrected chi connectivity index (χ1v) is 6.36. The van der Waals surface area contributed by atoms with E-state index in [1.54, 1.807) is 0 Å². The molecule has 0 heterocycles. The van der Waals surface area contributed by atoms with Crippen LogP contribution in [0.5, 0.6) is 0 Å². The van der Waals surface area contributed by atoms with Crippen LogP contribution in [0.15, 0.2) is 0 Å². The fraction of sp³-hybridized carbons (Fsp3) is 0.846. The van der Waals surface area contributed by atoms with Gasteiger partial charge < -0.3 is 14.8 Å². The molecule has 0 aromatic heterocycles. The van der Waals surface area contributed by atoms with Crippen molar-refractivity contribution in [3.8, 4) is 0 Å². The van der Waals surface area contributed by atoms with Gasteiger partial charge in [-0.2, -0.15) is 0 Å². The highest BCUT2D eigenvalue weighted by Crippen LogP contribution is 2.70. The Kier molecular flexibility index (Phi) is 3.03. The quantitative estimate of drug-likeness (QED) is 0.782. The van der Waals surface area contributed by atoms with Crippen LogP contribution in [0.1, 0.15) is 40.5 Å². The Morgan fingerprint density at radius 1 is 1.33 bits per heavy atom. The molecule has 0 radical (unpaired) electrons. The number of ether oxygens (including phenoxy) is 2. The molecule has 0 unspecified atom stereocenters. The maximum atomic E-state index is 11.6. The lowest BCUT2D eigenvalue weighted by molar-refractivity contribution is -0.141. The first kappa shape index (κ1) is 13.2. The van der Waals surface area contributed by atoms with Crippen LogP contribution in [-0.4, -0.2) is 30.3 Å². The van der Waals surface area contributed by atoms with E-state index in [1.165, 1.54) is 6.92 Å². The van der Waals surface area contributed by atoms with Crippen LogP contribution in [0.4, 0.5) is 4.79 Å². The van der Waals surface area contributed by atoms with Crippen molar-refractivity contribution in [1.29, 1.82) is 0 Å². The number of alkyl carbamates (subject to hydrolysis) is 1. The zero-order chi connectivity index (χ0) is 13.6. The fourth-order valence-corrected chi connectivity index (χ4v) is 2.49. The van der Waals surface area contributed by atoms with Gasteiger partial charge in [-0.15, -0.1) is 0 Å². The topological polar surface area (TPSA) is 64.6 Å². The molecule has 5 nitrogen and oxygen atoms in total. The fourth-order valence-electron chi connectivity index (χ4n) is 2.49. The Morgan fingerprint density at radius 3 is 2.56 bits per heavy atom. The normalized spacial score (nSPS) is 32.9. The predicted octanol–water partition coefficient (Wildman–Crippen LogP) is 1.85. The highest BCUT2D eigenvalue weighted by Gasteiger charge is 2.71. The van der Waals surface area contributed by atoms with E-state index in [2.05, 4.69) is 5.32 Å². The van der Waals surface area contributed by atoms with Crippen molar-refractivity contribution < 1.29 is 19.1 Å². The zero-order valence-corrected chi connectivity index (χ0v) is 11.4. The number of nitrogens with one attached hydrogen (secondary N) is 1. The first-order valence-electron chi connectivity index (χ1n) is 6.36. The SMILES string of the molecule is CC(=O)OC[C@@H]1C[C@@]12C[C@@H]2NC(=O)OC(C)(C)C. The average molecular weight is 255 g/mol. The van der Waals surface area contributed by atoms with E-state index in [0.29, 0.717) is 12.5 Å². The van der Waals surface area contributed by atoms with Crippen molar-refractivity contribution in [3.63, 3.8) is 0 Å². The van der Waals surface area contributed by atoms with Crippen molar-refractivity contribution in [2.45, 2.75) is 52.2 Å². The molecule has 1 spiro atoms. The number of amides is 1. The van der Waals surface area contributed by atoms with Gasteiger partial charge >= 0.3 is 12.1 Å². The molecule has 0 saturated heterocycles. The van der Waals surface area contributed by atoms with Gasteiger partial charge in [0.05, 0.1) is 6.61 Å². The van der Waals surface area contributed by atoms with Gasteiger partial charge in [-0.1, -0.05) is 0 Å². The van der Waals surface area contributed by atoms with Gasteiger partial charge in [-0.05, 0) is 39.0 Å². The van der Waals surface area contributed by atoms with Gasteiger partial charge in [0.1, 0.15) is 5.60 Å². The van der Waals surface area contributed by atoms with E-state index in [4.69, 9.17) is 9.47 Å². The van der Waals surface area contributed by atoms with Crippen LogP contribution in [0.25, 0.3) is 0 Å². The molecule has 0 bridgehead atoms. The zero-order valence-electron chi connectivity index (χ0n) is 11.4. The van der Waals surface area contributed by atoms with Crippen molar-refractivity contribution in [2.24, 2.45) is 11.3 Å². The van der Waals surface area contributed by atoms with Gasteiger partial charge in [0, 0.05) is 18.9 Å². The molecule has 0 aliphatic heterocycles. The Hall–Kier alpha value is -1.26. The van der Waals surface area contributed by atoms with Crippen LogP contribution < -0.4 is 5.32 Å². The van der Waals surface area contributed by atoms with Crippen LogP contribution in [0.3, 0.4) is 0 Å². The standard InChI is InChI=1S/C13H21NO4/c1-8(15)17-7-9-5-13(9)6-10(13)14-11(16)18-12(2,3)4/h9-10H,5-7H2,1-4H3,(H,14,16)/t9-,10-,13+/m0/s1. The predicted molar refractivity (Wildman–Crippen MR) is 64.9 cm³/mol. The Balaban J connectivity index is 1.70. The molecule has 102 valence electrons. The van der Waals surface area contributed by atoms with E-state index in [1.807, 2.05) is 20.8 Å². The minimum atomic E-state index is -0.465. The number of hydrogen-bond donors (Lipinski definition) is 1. The third-order valence-corrected chi connectivity index (χ3v) is 3.58. The molecule has 2 aliphatic rings. The lowest BCUT2D eigenvalue weighted by Crippen LogP contribution is -2.34. The lowest BCUT2D eigenvalue weighted by atomic mass is 10.2. The van der Waals surface area contributed by atoms with Crippen LogP contribution in [0, 0.1) is 11.3 Å². The monoisotopic (exact) mass is 255 g/mol. The minimum Gasteiger partial charge on any atom is -0.466 e. The van der Waals surface area contributed by atoms with E-state index in [0.717, 1.165) is 12.8 Å². The summed E-state index contributed by atoms with van der Waals surface area (Å²) in [6.45, 7) is 7.42. The molecular formula is C13H21NO4. The third-order valence-electron chi connectivity index (χ3n) is 3.58. The smallest absolute Gasteiger partial charge is 0.407 e. The molecule has 5 heteroatoms. The van der Waals surface area contributed by atoms with E-state index < -0.39 is 5.60 Å². The average Bonchev–Trinajstić information content (AvgIpc) is 3.01. The molecule has 18 heavy (non-hydrogen) atoms. The molecule has 1 amide bonds. The number of rotatable bonds is 3. The lowest BCUT2D eigenvalue weighted by Gasteiger charge is -2.19. The summed E-state index contributed by atoms with van der Waals surface area (Å²) in [6, 6.07) is 0.188. The summed E-state index contributed by atoms with van der Waals surface area (Å²) in [5.74, 6) is 0.163. The molecule has 2 rings (SSSR count). The summed E-state index contributed by atoms with van der Waals surface area (Å²) in [5.41, 5.74) is -0.279. The molecule has 2 saturated carbocycles. The second-order valence-electron chi connectivity index (χ2n) is 6.34. The Morgan fingerprint density at radius 2 is 2.00 bits per heavy atom. The molecule has 0 aromatic carbocycles. The maximum Gasteiger partial charge on any atom is 0.407 e. The number of carbonyl (C=O) groups excluding carboxylic acids is 2. The van der Waals surface area contributed by atoms with Crippen molar-refractivity contribution in [3.05, 3.63) is 0 Å². The molecule has 2 aliphatic carbocycles. The van der Waals surface area contributed by atoms with Crippen LogP contribution in [-0.2, 0) is 14.3 Å². The number of hydrogen-bond acceptors (Lipinski definition) is 4. The molecule has 1 N–H and O–H groups in total. The van der Waals surface area contributed by atoms with E-state index in [-0.39, 0.29) is 23.5 Å². The molecule has 0 aromatic rings. The summed E-state index contributed by atoms with van der Waals surface area (Å²) < 4.78 is 10.2. The highest BCUT2D eigenvalue weighted by molar-refractivity contribution is 5.69. The molecule has 2 fully saturated rings. The van der Waals surface area contributed by atoms with Gasteiger partial charge in [0.15, 0.2) is 0 Å². The van der Waals surface area contributed by atoms with Gasteiger partial charge in [0.2, 0.25) is 0 Å². The second kappa shape index (κ2) is 4.14. The number of esters is 1. The first-order chi connectivity index (χ1) is 8.23. The van der Waals surface area contributed by atoms with Gasteiger partial charge in [-0.3, -0.25) is 4.79 Å². The van der Waals surface area contributed by atoms with Crippen molar-refractivity contribution >= 4 is 12.1 Å². The van der Waals surface area contributed by atoms with Crippen molar-refractivity contribution in [2.75, 3.05) is 6.61 Å². The number of carbonyl (C=O) groups is 2. The summed E-state index contributed by atoms with van der Waals surface area (Å²) in [5, 5.41) is 2.88. The highest BCUT2D eigenvalue weighted by atomic mass is 16.6. The Labute approximate surface area is 107 Å². The minimum absolute atomic E-state index is 0.187. The summed E-state index contributed by atoms with van der Waals surface area (Å²) in [4.78, 5) is 22.3. The third kappa shape index (κ3) is 2.94. The molecule has 3 atom stereocenters. The van der Waals surface area contributed by atoms with E-state index in [9.17, 15) is 9.59 Å². The summed E-state index contributed by atoms with van der Waals surface area (Å²) >= 11 is 0.